The van der Waals surface area contributed by atoms with Crippen molar-refractivity contribution in [2.24, 2.45) is 0 Å². The lowest BCUT2D eigenvalue weighted by molar-refractivity contribution is 0.102. The van der Waals surface area contributed by atoms with Gasteiger partial charge in [0, 0.05) is 10.2 Å². The summed E-state index contributed by atoms with van der Waals surface area (Å²) in [7, 11) is 0. The van der Waals surface area contributed by atoms with Gasteiger partial charge in [0.1, 0.15) is 0 Å². The second kappa shape index (κ2) is 6.22. The molecule has 4 heteroatoms. The molecule has 19 heavy (non-hydrogen) atoms. The van der Waals surface area contributed by atoms with E-state index in [0.29, 0.717) is 10.6 Å². The molecule has 2 nitrogen and oxygen atoms in total. The highest BCUT2D eigenvalue weighted by molar-refractivity contribution is 9.10. The third kappa shape index (κ3) is 3.37. The maximum atomic E-state index is 12.2. The number of para-hydroxylation sites is 1. The molecule has 0 aromatic heterocycles. The van der Waals surface area contributed by atoms with Crippen LogP contribution >= 0.6 is 27.5 Å². The van der Waals surface area contributed by atoms with Crippen molar-refractivity contribution in [2.45, 2.75) is 13.3 Å². The predicted molar refractivity (Wildman–Crippen MR) is 82.9 cm³/mol. The Morgan fingerprint density at radius 3 is 2.74 bits per heavy atom. The first kappa shape index (κ1) is 14.1. The Balaban J connectivity index is 2.28. The Hall–Kier alpha value is -1.32. The number of carbonyl (C=O) groups is 1. The molecule has 2 aromatic rings. The van der Waals surface area contributed by atoms with Crippen molar-refractivity contribution in [3.8, 4) is 0 Å². The molecule has 0 bridgehead atoms. The first-order valence-corrected chi connectivity index (χ1v) is 7.13. The summed E-state index contributed by atoms with van der Waals surface area (Å²) in [4.78, 5) is 12.2. The molecule has 0 fully saturated rings. The summed E-state index contributed by atoms with van der Waals surface area (Å²) in [6.45, 7) is 2.05. The van der Waals surface area contributed by atoms with Crippen LogP contribution in [0.2, 0.25) is 5.02 Å². The number of hydrogen-bond acceptors (Lipinski definition) is 1. The molecule has 0 aliphatic heterocycles. The molecular formula is C15H13BrClNO. The molecule has 0 atom stereocenters. The van der Waals surface area contributed by atoms with Crippen molar-refractivity contribution in [3.05, 3.63) is 63.1 Å². The Morgan fingerprint density at radius 1 is 1.26 bits per heavy atom. The van der Waals surface area contributed by atoms with Gasteiger partial charge in [0.15, 0.2) is 0 Å². The zero-order chi connectivity index (χ0) is 13.8. The monoisotopic (exact) mass is 337 g/mol. The SMILES string of the molecule is CCc1ccccc1NC(=O)c1cc(Br)ccc1Cl. The van der Waals surface area contributed by atoms with Gasteiger partial charge in [0.05, 0.1) is 10.6 Å². The zero-order valence-electron chi connectivity index (χ0n) is 10.4. The molecule has 0 aliphatic rings. The summed E-state index contributed by atoms with van der Waals surface area (Å²) in [5, 5.41) is 3.34. The fourth-order valence-corrected chi connectivity index (χ4v) is 2.38. The quantitative estimate of drug-likeness (QED) is 0.846. The average Bonchev–Trinajstić information content (AvgIpc) is 2.42. The van der Waals surface area contributed by atoms with Crippen LogP contribution in [0.3, 0.4) is 0 Å². The minimum atomic E-state index is -0.202. The smallest absolute Gasteiger partial charge is 0.257 e. The van der Waals surface area contributed by atoms with Crippen molar-refractivity contribution in [3.63, 3.8) is 0 Å². The molecule has 0 spiro atoms. The van der Waals surface area contributed by atoms with Gasteiger partial charge in [-0.25, -0.2) is 0 Å². The highest BCUT2D eigenvalue weighted by Gasteiger charge is 2.12. The molecule has 0 aliphatic carbocycles. The highest BCUT2D eigenvalue weighted by Crippen LogP contribution is 2.23. The van der Waals surface area contributed by atoms with E-state index in [2.05, 4.69) is 28.2 Å². The van der Waals surface area contributed by atoms with Gasteiger partial charge in [0.2, 0.25) is 0 Å². The Morgan fingerprint density at radius 2 is 2.00 bits per heavy atom. The fraction of sp³-hybridized carbons (Fsp3) is 0.133. The van der Waals surface area contributed by atoms with Crippen molar-refractivity contribution in [1.29, 1.82) is 0 Å². The third-order valence-electron chi connectivity index (χ3n) is 2.82. The molecule has 0 saturated heterocycles. The summed E-state index contributed by atoms with van der Waals surface area (Å²) in [5.41, 5.74) is 2.38. The Labute approximate surface area is 125 Å². The van der Waals surface area contributed by atoms with E-state index < -0.39 is 0 Å². The minimum absolute atomic E-state index is 0.202. The largest absolute Gasteiger partial charge is 0.322 e. The molecular weight excluding hydrogens is 326 g/mol. The molecule has 0 radical (unpaired) electrons. The number of anilines is 1. The second-order valence-corrected chi connectivity index (χ2v) is 5.41. The summed E-state index contributed by atoms with van der Waals surface area (Å²) in [6, 6.07) is 13.0. The predicted octanol–water partition coefficient (Wildman–Crippen LogP) is 4.92. The lowest BCUT2D eigenvalue weighted by Crippen LogP contribution is -2.13. The molecule has 0 unspecified atom stereocenters. The number of carbonyl (C=O) groups excluding carboxylic acids is 1. The van der Waals surface area contributed by atoms with Gasteiger partial charge in [0.25, 0.3) is 5.91 Å². The van der Waals surface area contributed by atoms with Gasteiger partial charge in [-0.15, -0.1) is 0 Å². The van der Waals surface area contributed by atoms with Crippen LogP contribution in [0.1, 0.15) is 22.8 Å². The van der Waals surface area contributed by atoms with Gasteiger partial charge in [-0.05, 0) is 36.2 Å². The maximum Gasteiger partial charge on any atom is 0.257 e. The summed E-state index contributed by atoms with van der Waals surface area (Å²) < 4.78 is 0.825. The second-order valence-electron chi connectivity index (χ2n) is 4.09. The van der Waals surface area contributed by atoms with Crippen LogP contribution in [0, 0.1) is 0 Å². The fourth-order valence-electron chi connectivity index (χ4n) is 1.81. The van der Waals surface area contributed by atoms with E-state index in [-0.39, 0.29) is 5.91 Å². The summed E-state index contributed by atoms with van der Waals surface area (Å²) in [6.07, 6.45) is 0.864. The van der Waals surface area contributed by atoms with Crippen molar-refractivity contribution >= 4 is 39.1 Å². The number of benzene rings is 2. The first-order valence-electron chi connectivity index (χ1n) is 5.96. The van der Waals surface area contributed by atoms with E-state index >= 15 is 0 Å². The number of rotatable bonds is 3. The van der Waals surface area contributed by atoms with Crippen molar-refractivity contribution in [1.82, 2.24) is 0 Å². The Bertz CT molecular complexity index is 613. The van der Waals surface area contributed by atoms with E-state index in [0.717, 1.165) is 22.1 Å². The number of amides is 1. The van der Waals surface area contributed by atoms with Crippen LogP contribution in [-0.2, 0) is 6.42 Å². The third-order valence-corrected chi connectivity index (χ3v) is 3.64. The number of aryl methyl sites for hydroxylation is 1. The number of hydrogen-bond donors (Lipinski definition) is 1. The van der Waals surface area contributed by atoms with E-state index in [1.54, 1.807) is 18.2 Å². The standard InChI is InChI=1S/C15H13BrClNO/c1-2-10-5-3-4-6-14(10)18-15(19)12-9-11(16)7-8-13(12)17/h3-9H,2H2,1H3,(H,18,19). The summed E-state index contributed by atoms with van der Waals surface area (Å²) >= 11 is 9.39. The first-order chi connectivity index (χ1) is 9.11. The average molecular weight is 339 g/mol. The van der Waals surface area contributed by atoms with Crippen LogP contribution in [0.5, 0.6) is 0 Å². The maximum absolute atomic E-state index is 12.2. The van der Waals surface area contributed by atoms with Crippen molar-refractivity contribution in [2.75, 3.05) is 5.32 Å². The zero-order valence-corrected chi connectivity index (χ0v) is 12.8. The molecule has 0 heterocycles. The van der Waals surface area contributed by atoms with Crippen LogP contribution in [0.15, 0.2) is 46.9 Å². The Kier molecular flexibility index (Phi) is 4.61. The summed E-state index contributed by atoms with van der Waals surface area (Å²) in [5.74, 6) is -0.202. The lowest BCUT2D eigenvalue weighted by atomic mass is 10.1. The van der Waals surface area contributed by atoms with Gasteiger partial charge >= 0.3 is 0 Å². The van der Waals surface area contributed by atoms with Crippen molar-refractivity contribution < 1.29 is 4.79 Å². The highest BCUT2D eigenvalue weighted by atomic mass is 79.9. The number of nitrogens with one attached hydrogen (secondary N) is 1. The normalized spacial score (nSPS) is 10.3. The molecule has 2 aromatic carbocycles. The van der Waals surface area contributed by atoms with Gasteiger partial charge < -0.3 is 5.32 Å². The number of halogens is 2. The minimum Gasteiger partial charge on any atom is -0.322 e. The van der Waals surface area contributed by atoms with Crippen LogP contribution in [0.25, 0.3) is 0 Å². The van der Waals surface area contributed by atoms with Gasteiger partial charge in [-0.2, -0.15) is 0 Å². The van der Waals surface area contributed by atoms with E-state index in [1.165, 1.54) is 0 Å². The van der Waals surface area contributed by atoms with Crippen LogP contribution in [-0.4, -0.2) is 5.91 Å². The van der Waals surface area contributed by atoms with Gasteiger partial charge in [-0.1, -0.05) is 52.7 Å². The van der Waals surface area contributed by atoms with E-state index in [9.17, 15) is 4.79 Å². The lowest BCUT2D eigenvalue weighted by Gasteiger charge is -2.10. The molecule has 1 amide bonds. The van der Waals surface area contributed by atoms with Crippen LogP contribution < -0.4 is 5.32 Å². The molecule has 2 rings (SSSR count). The van der Waals surface area contributed by atoms with E-state index in [4.69, 9.17) is 11.6 Å². The molecule has 1 N–H and O–H groups in total. The molecule has 98 valence electrons. The van der Waals surface area contributed by atoms with Crippen LogP contribution in [0.4, 0.5) is 5.69 Å². The molecule has 0 saturated carbocycles. The van der Waals surface area contributed by atoms with E-state index in [1.807, 2.05) is 24.3 Å². The topological polar surface area (TPSA) is 29.1 Å². The van der Waals surface area contributed by atoms with Gasteiger partial charge in [-0.3, -0.25) is 4.79 Å².